The predicted octanol–water partition coefficient (Wildman–Crippen LogP) is 5.28. The third-order valence-electron chi connectivity index (χ3n) is 6.25. The Morgan fingerprint density at radius 3 is 2.66 bits per heavy atom. The van der Waals surface area contributed by atoms with Crippen LogP contribution in [0.3, 0.4) is 0 Å². The minimum atomic E-state index is -0.438. The third-order valence-corrected chi connectivity index (χ3v) is 7.13. The van der Waals surface area contributed by atoms with Gasteiger partial charge in [-0.3, -0.25) is 14.9 Å². The van der Waals surface area contributed by atoms with Gasteiger partial charge in [0.1, 0.15) is 17.3 Å². The Balaban J connectivity index is 1.63. The second-order valence-electron chi connectivity index (χ2n) is 8.57. The van der Waals surface area contributed by atoms with E-state index < -0.39 is 5.91 Å². The van der Waals surface area contributed by atoms with Crippen LogP contribution in [0.1, 0.15) is 41.1 Å². The highest BCUT2D eigenvalue weighted by Gasteiger charge is 2.23. The number of amides is 1. The van der Waals surface area contributed by atoms with E-state index in [0.717, 1.165) is 48.6 Å². The molecule has 35 heavy (non-hydrogen) atoms. The van der Waals surface area contributed by atoms with Gasteiger partial charge in [0.15, 0.2) is 0 Å². The van der Waals surface area contributed by atoms with Gasteiger partial charge in [-0.25, -0.2) is 0 Å². The van der Waals surface area contributed by atoms with Crippen LogP contribution < -0.4 is 10.2 Å². The summed E-state index contributed by atoms with van der Waals surface area (Å²) in [5.74, 6) is -0.438. The summed E-state index contributed by atoms with van der Waals surface area (Å²) in [5.41, 5.74) is 3.77. The van der Waals surface area contributed by atoms with Crippen molar-refractivity contribution < 1.29 is 9.72 Å². The van der Waals surface area contributed by atoms with E-state index in [1.165, 1.54) is 11.3 Å². The molecule has 1 aliphatic heterocycles. The first-order chi connectivity index (χ1) is 16.9. The Morgan fingerprint density at radius 1 is 1.23 bits per heavy atom. The molecule has 1 amide bonds. The second kappa shape index (κ2) is 10.6. The summed E-state index contributed by atoms with van der Waals surface area (Å²) in [4.78, 5) is 27.2. The minimum Gasteiger partial charge on any atom is -0.366 e. The zero-order chi connectivity index (χ0) is 24.9. The number of aryl methyl sites for hydroxylation is 1. The highest BCUT2D eigenvalue weighted by atomic mass is 32.1. The van der Waals surface area contributed by atoms with E-state index in [0.29, 0.717) is 23.5 Å². The van der Waals surface area contributed by atoms with Crippen molar-refractivity contribution in [2.45, 2.75) is 39.7 Å². The van der Waals surface area contributed by atoms with Crippen molar-refractivity contribution in [3.05, 3.63) is 79.3 Å². The number of rotatable bonds is 7. The number of nitro benzene ring substituents is 1. The molecule has 1 fully saturated rings. The van der Waals surface area contributed by atoms with Crippen molar-refractivity contribution >= 4 is 34.7 Å². The number of carbonyl (C=O) groups excluding carboxylic acids is 1. The molecule has 8 nitrogen and oxygen atoms in total. The number of carbonyl (C=O) groups is 1. The number of thiophene rings is 1. The Morgan fingerprint density at radius 2 is 2.00 bits per heavy atom. The number of anilines is 1. The van der Waals surface area contributed by atoms with Gasteiger partial charge in [-0.05, 0) is 74.4 Å². The Bertz CT molecular complexity index is 1310. The van der Waals surface area contributed by atoms with Gasteiger partial charge in [0.05, 0.1) is 17.2 Å². The number of nitriles is 1. The maximum Gasteiger partial charge on any atom is 0.294 e. The Hall–Kier alpha value is -3.90. The Labute approximate surface area is 208 Å². The van der Waals surface area contributed by atoms with Crippen LogP contribution in [0.25, 0.3) is 11.8 Å². The molecule has 0 spiro atoms. The van der Waals surface area contributed by atoms with Gasteiger partial charge >= 0.3 is 0 Å². The molecule has 0 aliphatic carbocycles. The highest BCUT2D eigenvalue weighted by Crippen LogP contribution is 2.34. The Kier molecular flexibility index (Phi) is 7.32. The van der Waals surface area contributed by atoms with Gasteiger partial charge in [0.2, 0.25) is 0 Å². The summed E-state index contributed by atoms with van der Waals surface area (Å²) >= 11 is 1.54. The lowest BCUT2D eigenvalue weighted by Gasteiger charge is -2.28. The van der Waals surface area contributed by atoms with Crippen LogP contribution in [0, 0.1) is 35.3 Å². The van der Waals surface area contributed by atoms with Crippen molar-refractivity contribution in [2.24, 2.45) is 0 Å². The van der Waals surface area contributed by atoms with Gasteiger partial charge in [-0.1, -0.05) is 6.07 Å². The minimum absolute atomic E-state index is 0.00762. The SMILES string of the molecule is Cc1cc(C=C(C#N)C(=O)NCc2cccs2)c(C)n1-c1ccc(N2CCCCC2)c([N+](=O)[O-])c1. The highest BCUT2D eigenvalue weighted by molar-refractivity contribution is 7.09. The molecule has 9 heteroatoms. The average Bonchev–Trinajstić information content (AvgIpc) is 3.48. The standard InChI is InChI=1S/C26H27N5O3S/c1-18-13-20(14-21(16-27)26(32)28-17-23-7-6-12-35-23)19(2)30(18)22-8-9-24(25(15-22)31(33)34)29-10-4-3-5-11-29/h6-9,12-15H,3-5,10-11,17H2,1-2H3,(H,28,32). The van der Waals surface area contributed by atoms with Crippen molar-refractivity contribution in [2.75, 3.05) is 18.0 Å². The van der Waals surface area contributed by atoms with Gasteiger partial charge in [-0.15, -0.1) is 11.3 Å². The number of benzene rings is 1. The number of nitrogens with zero attached hydrogens (tertiary/aromatic N) is 4. The van der Waals surface area contributed by atoms with Crippen molar-refractivity contribution in [3.63, 3.8) is 0 Å². The fraction of sp³-hybridized carbons (Fsp3) is 0.308. The monoisotopic (exact) mass is 489 g/mol. The summed E-state index contributed by atoms with van der Waals surface area (Å²) in [7, 11) is 0. The van der Waals surface area contributed by atoms with Crippen LogP contribution in [0.4, 0.5) is 11.4 Å². The molecule has 3 heterocycles. The summed E-state index contributed by atoms with van der Waals surface area (Å²) in [5, 5.41) is 26.2. The summed E-state index contributed by atoms with van der Waals surface area (Å²) in [6, 6.07) is 13.0. The maximum absolute atomic E-state index is 12.6. The molecule has 180 valence electrons. The first-order valence-corrected chi connectivity index (χ1v) is 12.4. The maximum atomic E-state index is 12.6. The molecule has 1 aromatic carbocycles. The van der Waals surface area contributed by atoms with Crippen molar-refractivity contribution in [3.8, 4) is 11.8 Å². The quantitative estimate of drug-likeness (QED) is 0.210. The molecule has 1 saturated heterocycles. The average molecular weight is 490 g/mol. The van der Waals surface area contributed by atoms with Crippen LogP contribution in [0.15, 0.2) is 47.4 Å². The zero-order valence-corrected chi connectivity index (χ0v) is 20.6. The largest absolute Gasteiger partial charge is 0.366 e. The fourth-order valence-corrected chi connectivity index (χ4v) is 5.15. The van der Waals surface area contributed by atoms with Crippen LogP contribution in [0.2, 0.25) is 0 Å². The molecule has 0 bridgehead atoms. The molecular weight excluding hydrogens is 462 g/mol. The number of piperidine rings is 1. The number of hydrogen-bond donors (Lipinski definition) is 1. The lowest BCUT2D eigenvalue weighted by Crippen LogP contribution is -2.30. The van der Waals surface area contributed by atoms with Gasteiger partial charge < -0.3 is 14.8 Å². The molecule has 2 aromatic heterocycles. The molecule has 0 unspecified atom stereocenters. The number of nitro groups is 1. The van der Waals surface area contributed by atoms with Crippen LogP contribution in [-0.4, -0.2) is 28.5 Å². The number of hydrogen-bond acceptors (Lipinski definition) is 6. The second-order valence-corrected chi connectivity index (χ2v) is 9.60. The van der Waals surface area contributed by atoms with Crippen molar-refractivity contribution in [1.82, 2.24) is 9.88 Å². The molecule has 0 radical (unpaired) electrons. The number of aromatic nitrogens is 1. The molecule has 0 atom stereocenters. The summed E-state index contributed by atoms with van der Waals surface area (Å²) in [6.07, 6.45) is 4.79. The molecular formula is C26H27N5O3S. The number of nitrogens with one attached hydrogen (secondary N) is 1. The summed E-state index contributed by atoms with van der Waals surface area (Å²) < 4.78 is 1.91. The third kappa shape index (κ3) is 5.28. The first kappa shape index (κ1) is 24.2. The first-order valence-electron chi connectivity index (χ1n) is 11.5. The van der Waals surface area contributed by atoms with E-state index in [1.54, 1.807) is 12.1 Å². The van der Waals surface area contributed by atoms with Gasteiger partial charge in [0, 0.05) is 35.4 Å². The molecule has 3 aromatic rings. The lowest BCUT2D eigenvalue weighted by atomic mass is 10.1. The van der Waals surface area contributed by atoms with Crippen LogP contribution in [0.5, 0.6) is 0 Å². The normalized spacial score (nSPS) is 14.0. The van der Waals surface area contributed by atoms with Gasteiger partial charge in [0.25, 0.3) is 11.6 Å². The predicted molar refractivity (Wildman–Crippen MR) is 138 cm³/mol. The fourth-order valence-electron chi connectivity index (χ4n) is 4.51. The smallest absolute Gasteiger partial charge is 0.294 e. The van der Waals surface area contributed by atoms with Crippen molar-refractivity contribution in [1.29, 1.82) is 5.26 Å². The molecule has 0 saturated carbocycles. The summed E-state index contributed by atoms with van der Waals surface area (Å²) in [6.45, 7) is 5.78. The van der Waals surface area contributed by atoms with E-state index in [-0.39, 0.29) is 16.2 Å². The zero-order valence-electron chi connectivity index (χ0n) is 19.8. The van der Waals surface area contributed by atoms with E-state index >= 15 is 0 Å². The van der Waals surface area contributed by atoms with E-state index in [9.17, 15) is 20.2 Å². The van der Waals surface area contributed by atoms with E-state index in [4.69, 9.17) is 0 Å². The lowest BCUT2D eigenvalue weighted by molar-refractivity contribution is -0.384. The van der Waals surface area contributed by atoms with E-state index in [2.05, 4.69) is 10.2 Å². The van der Waals surface area contributed by atoms with Gasteiger partial charge in [-0.2, -0.15) is 5.26 Å². The van der Waals surface area contributed by atoms with Crippen LogP contribution >= 0.6 is 11.3 Å². The van der Waals surface area contributed by atoms with Crippen LogP contribution in [-0.2, 0) is 11.3 Å². The molecule has 1 N–H and O–H groups in total. The molecule has 4 rings (SSSR count). The molecule has 1 aliphatic rings. The van der Waals surface area contributed by atoms with E-state index in [1.807, 2.05) is 60.2 Å². The topological polar surface area (TPSA) is 104 Å².